The molecule has 31 heavy (non-hydrogen) atoms. The summed E-state index contributed by atoms with van der Waals surface area (Å²) < 4.78 is 6.86. The number of carbonyl (C=O) groups excluding carboxylic acids is 1. The fraction of sp³-hybridized carbons (Fsp3) is 0.200. The monoisotopic (exact) mass is 415 g/mol. The Labute approximate surface area is 177 Å². The van der Waals surface area contributed by atoms with Crippen molar-refractivity contribution in [1.29, 1.82) is 0 Å². The van der Waals surface area contributed by atoms with Crippen LogP contribution in [0.1, 0.15) is 19.7 Å². The molecule has 154 valence electrons. The molecule has 11 heteroatoms. The maximum Gasteiger partial charge on any atom is 0.267 e. The van der Waals surface area contributed by atoms with Gasteiger partial charge in [0.2, 0.25) is 11.6 Å². The van der Waals surface area contributed by atoms with Crippen LogP contribution >= 0.6 is 0 Å². The van der Waals surface area contributed by atoms with E-state index in [1.807, 2.05) is 6.07 Å². The topological polar surface area (TPSA) is 124 Å². The number of aromatic nitrogens is 6. The van der Waals surface area contributed by atoms with E-state index >= 15 is 0 Å². The molecule has 0 bridgehead atoms. The summed E-state index contributed by atoms with van der Waals surface area (Å²) in [6, 6.07) is 3.73. The third-order valence-corrected chi connectivity index (χ3v) is 4.41. The zero-order valence-corrected chi connectivity index (χ0v) is 16.8. The van der Waals surface area contributed by atoms with E-state index in [2.05, 4.69) is 59.7 Å². The zero-order valence-electron chi connectivity index (χ0n) is 16.8. The van der Waals surface area contributed by atoms with E-state index in [0.717, 1.165) is 25.0 Å². The first-order valence-corrected chi connectivity index (χ1v) is 9.47. The minimum atomic E-state index is 0.104. The van der Waals surface area contributed by atoms with Crippen LogP contribution in [0.2, 0.25) is 0 Å². The first-order valence-electron chi connectivity index (χ1n) is 9.47. The predicted molar refractivity (Wildman–Crippen MR) is 113 cm³/mol. The number of anilines is 1. The molecule has 4 rings (SSSR count). The van der Waals surface area contributed by atoms with Gasteiger partial charge in [-0.15, -0.1) is 15.3 Å². The summed E-state index contributed by atoms with van der Waals surface area (Å²) in [5.41, 5.74) is 3.96. The van der Waals surface area contributed by atoms with E-state index in [0.29, 0.717) is 28.9 Å². The molecular weight excluding hydrogens is 398 g/mol. The summed E-state index contributed by atoms with van der Waals surface area (Å²) in [7, 11) is 0. The molecule has 0 spiro atoms. The SMILES string of the molecule is CCN(CC)c1ccc(/N=C2/C(OC=C=C=O)=Nn3c2nnc3-c2cnccn2)nc1. The largest absolute Gasteiger partial charge is 0.435 e. The molecule has 0 saturated heterocycles. The van der Waals surface area contributed by atoms with Crippen LogP contribution in [-0.2, 0) is 9.53 Å². The Morgan fingerprint density at radius 1 is 1.13 bits per heavy atom. The minimum Gasteiger partial charge on any atom is -0.435 e. The highest BCUT2D eigenvalue weighted by Crippen LogP contribution is 2.23. The summed E-state index contributed by atoms with van der Waals surface area (Å²) in [5.74, 6) is 2.75. The molecule has 0 amide bonds. The molecule has 0 radical (unpaired) electrons. The number of hydrogen-bond donors (Lipinski definition) is 0. The second-order valence-corrected chi connectivity index (χ2v) is 6.14. The Kier molecular flexibility index (Phi) is 5.70. The minimum absolute atomic E-state index is 0.104. The highest BCUT2D eigenvalue weighted by atomic mass is 16.5. The molecule has 0 aromatic carbocycles. The number of aliphatic imine (C=N–C) groups is 1. The maximum absolute atomic E-state index is 10.4. The van der Waals surface area contributed by atoms with Gasteiger partial charge >= 0.3 is 0 Å². The number of nitrogens with zero attached hydrogens (tertiary/aromatic N) is 9. The third-order valence-electron chi connectivity index (χ3n) is 4.41. The van der Waals surface area contributed by atoms with Crippen LogP contribution in [-0.4, -0.2) is 60.5 Å². The number of pyridine rings is 1. The summed E-state index contributed by atoms with van der Waals surface area (Å²) >= 11 is 0. The van der Waals surface area contributed by atoms with Gasteiger partial charge in [0, 0.05) is 31.2 Å². The fourth-order valence-electron chi connectivity index (χ4n) is 2.95. The fourth-order valence-corrected chi connectivity index (χ4v) is 2.95. The van der Waals surface area contributed by atoms with E-state index in [9.17, 15) is 4.79 Å². The Bertz CT molecular complexity index is 1220. The first kappa shape index (κ1) is 19.8. The molecule has 1 aliphatic heterocycles. The lowest BCUT2D eigenvalue weighted by Crippen LogP contribution is -2.21. The van der Waals surface area contributed by atoms with Crippen LogP contribution in [0.4, 0.5) is 11.5 Å². The molecule has 11 nitrogen and oxygen atoms in total. The van der Waals surface area contributed by atoms with Crippen molar-refractivity contribution in [3.05, 3.63) is 54.7 Å². The van der Waals surface area contributed by atoms with E-state index < -0.39 is 0 Å². The second-order valence-electron chi connectivity index (χ2n) is 6.14. The molecule has 4 heterocycles. The van der Waals surface area contributed by atoms with Gasteiger partial charge in [-0.1, -0.05) is 0 Å². The van der Waals surface area contributed by atoms with Crippen molar-refractivity contribution in [3.8, 4) is 11.5 Å². The van der Waals surface area contributed by atoms with Gasteiger partial charge in [-0.3, -0.25) is 4.98 Å². The lowest BCUT2D eigenvalue weighted by atomic mass is 10.3. The van der Waals surface area contributed by atoms with Crippen LogP contribution < -0.4 is 4.90 Å². The first-order chi connectivity index (χ1) is 15.2. The second kappa shape index (κ2) is 8.91. The summed E-state index contributed by atoms with van der Waals surface area (Å²) in [4.78, 5) is 29.8. The summed E-state index contributed by atoms with van der Waals surface area (Å²) in [6.07, 6.45) is 7.44. The van der Waals surface area contributed by atoms with E-state index in [1.54, 1.807) is 30.9 Å². The molecule has 1 aliphatic rings. The van der Waals surface area contributed by atoms with Gasteiger partial charge in [0.05, 0.1) is 18.1 Å². The molecule has 0 N–H and O–H groups in total. The quantitative estimate of drug-likeness (QED) is 0.339. The number of ether oxygens (including phenoxy) is 1. The van der Waals surface area contributed by atoms with Crippen molar-refractivity contribution < 1.29 is 9.53 Å². The number of rotatable bonds is 6. The number of fused-ring (bicyclic) bond motifs is 1. The molecule has 0 unspecified atom stereocenters. The number of hydrogen-bond acceptors (Lipinski definition) is 10. The standard InChI is InChI=1S/C20H17N9O2/c1-3-28(4-2)14-6-7-16(23-12-14)24-17-19-26-25-18(15-13-21-8-9-22-15)29(19)27-20(17)31-11-5-10-30/h6-9,11-13H,3-4H2,1-2H3/b24-17+. The van der Waals surface area contributed by atoms with Crippen molar-refractivity contribution in [2.24, 2.45) is 10.1 Å². The van der Waals surface area contributed by atoms with E-state index in [4.69, 9.17) is 4.74 Å². The van der Waals surface area contributed by atoms with E-state index in [1.165, 1.54) is 10.6 Å². The van der Waals surface area contributed by atoms with Crippen LogP contribution in [0.3, 0.4) is 0 Å². The van der Waals surface area contributed by atoms with Crippen LogP contribution in [0.25, 0.3) is 11.5 Å². The van der Waals surface area contributed by atoms with Gasteiger partial charge < -0.3 is 9.64 Å². The van der Waals surface area contributed by atoms with Gasteiger partial charge in [0.15, 0.2) is 17.5 Å². The van der Waals surface area contributed by atoms with Crippen molar-refractivity contribution in [3.63, 3.8) is 0 Å². The average Bonchev–Trinajstić information content (AvgIpc) is 3.36. The predicted octanol–water partition coefficient (Wildman–Crippen LogP) is 1.79. The van der Waals surface area contributed by atoms with Gasteiger partial charge in [0.25, 0.3) is 5.90 Å². The smallest absolute Gasteiger partial charge is 0.267 e. The van der Waals surface area contributed by atoms with Crippen LogP contribution in [0.15, 0.2) is 59.0 Å². The highest BCUT2D eigenvalue weighted by molar-refractivity contribution is 6.46. The van der Waals surface area contributed by atoms with E-state index in [-0.39, 0.29) is 5.90 Å². The molecular formula is C20H17N9O2. The normalized spacial score (nSPS) is 13.2. The molecule has 3 aromatic rings. The van der Waals surface area contributed by atoms with Crippen molar-refractivity contribution in [1.82, 2.24) is 29.8 Å². The lowest BCUT2D eigenvalue weighted by molar-refractivity contribution is 0.479. The van der Waals surface area contributed by atoms with Crippen molar-refractivity contribution in [2.45, 2.75) is 13.8 Å². The molecule has 0 aliphatic carbocycles. The Morgan fingerprint density at radius 2 is 1.97 bits per heavy atom. The Balaban J connectivity index is 1.74. The Hall–Kier alpha value is -4.46. The molecule has 0 atom stereocenters. The van der Waals surface area contributed by atoms with Gasteiger partial charge in [-0.25, -0.2) is 19.8 Å². The molecule has 0 saturated carbocycles. The van der Waals surface area contributed by atoms with Gasteiger partial charge in [-0.2, -0.15) is 4.68 Å². The molecule has 3 aromatic heterocycles. The maximum atomic E-state index is 10.4. The third kappa shape index (κ3) is 3.99. The Morgan fingerprint density at radius 3 is 2.65 bits per heavy atom. The van der Waals surface area contributed by atoms with Crippen molar-refractivity contribution in [2.75, 3.05) is 18.0 Å². The van der Waals surface area contributed by atoms with Crippen LogP contribution in [0, 0.1) is 0 Å². The zero-order chi connectivity index (χ0) is 21.6. The van der Waals surface area contributed by atoms with Gasteiger partial charge in [-0.05, 0) is 26.0 Å². The molecule has 0 fully saturated rings. The van der Waals surface area contributed by atoms with Gasteiger partial charge in [0.1, 0.15) is 12.0 Å². The lowest BCUT2D eigenvalue weighted by Gasteiger charge is -2.20. The van der Waals surface area contributed by atoms with Crippen molar-refractivity contribution >= 4 is 29.1 Å². The average molecular weight is 415 g/mol. The summed E-state index contributed by atoms with van der Waals surface area (Å²) in [6.45, 7) is 5.92. The summed E-state index contributed by atoms with van der Waals surface area (Å²) in [5, 5.41) is 12.7. The van der Waals surface area contributed by atoms with Crippen LogP contribution in [0.5, 0.6) is 0 Å². The highest BCUT2D eigenvalue weighted by Gasteiger charge is 2.31.